The van der Waals surface area contributed by atoms with Crippen molar-refractivity contribution in [1.29, 1.82) is 5.26 Å². The summed E-state index contributed by atoms with van der Waals surface area (Å²) in [5.41, 5.74) is 9.73. The molecule has 0 saturated carbocycles. The van der Waals surface area contributed by atoms with Crippen molar-refractivity contribution >= 4 is 16.5 Å². The van der Waals surface area contributed by atoms with Crippen LogP contribution >= 0.6 is 11.4 Å². The van der Waals surface area contributed by atoms with Gasteiger partial charge in [-0.15, -0.1) is 0 Å². The molecule has 0 aromatic carbocycles. The lowest BCUT2D eigenvalue weighted by atomic mass is 11.3. The molecular weight excluding hydrogens is 98.1 g/mol. The number of thiocyanates is 1. The van der Waals surface area contributed by atoms with Gasteiger partial charge >= 0.3 is 0 Å². The molecule has 0 amide bonds. The third-order valence-electron chi connectivity index (χ3n) is 0.179. The fourth-order valence-electron chi connectivity index (χ4n) is 0.0577. The van der Waals surface area contributed by atoms with Crippen LogP contribution < -0.4 is 11.5 Å². The molecule has 0 spiro atoms. The molecular formula is C2H5N3S. The molecule has 6 heavy (non-hydrogen) atoms. The maximum absolute atomic E-state index is 7.79. The Bertz CT molecular complexity index is 95.9. The van der Waals surface area contributed by atoms with Gasteiger partial charge in [-0.2, -0.15) is 5.26 Å². The highest BCUT2D eigenvalue weighted by Gasteiger charge is 1.65. The fraction of sp³-hybridized carbons (Fsp3) is 0. The van der Waals surface area contributed by atoms with Crippen molar-refractivity contribution in [2.24, 2.45) is 11.5 Å². The standard InChI is InChI=1S/C2H5N3S/c3-1-6-2(4)5/h6H,4-5H2. The molecule has 0 rings (SSSR count). The number of nitrogens with zero attached hydrogens (tertiary/aromatic N) is 1. The second-order valence-electron chi connectivity index (χ2n) is 0.637. The van der Waals surface area contributed by atoms with Gasteiger partial charge in [0.2, 0.25) is 0 Å². The molecule has 0 aliphatic heterocycles. The van der Waals surface area contributed by atoms with Gasteiger partial charge in [0.25, 0.3) is 0 Å². The first-order valence-corrected chi connectivity index (χ1v) is 2.14. The van der Waals surface area contributed by atoms with Crippen LogP contribution in [0.3, 0.4) is 0 Å². The summed E-state index contributed by atoms with van der Waals surface area (Å²) < 4.78 is 0. The molecule has 3 nitrogen and oxygen atoms in total. The van der Waals surface area contributed by atoms with Crippen molar-refractivity contribution in [2.45, 2.75) is 0 Å². The van der Waals surface area contributed by atoms with Gasteiger partial charge in [0.15, 0.2) is 0 Å². The number of rotatable bonds is 0. The number of nitriles is 1. The molecule has 0 atom stereocenters. The quantitative estimate of drug-likeness (QED) is 0.208. The van der Waals surface area contributed by atoms with Crippen LogP contribution in [-0.2, 0) is 0 Å². The summed E-state index contributed by atoms with van der Waals surface area (Å²) in [4.78, 5) is 0. The highest BCUT2D eigenvalue weighted by molar-refractivity contribution is 8.02. The van der Waals surface area contributed by atoms with Crippen LogP contribution in [0.4, 0.5) is 0 Å². The summed E-state index contributed by atoms with van der Waals surface area (Å²) in [6, 6.07) is 0. The predicted octanol–water partition coefficient (Wildman–Crippen LogP) is -1.06. The van der Waals surface area contributed by atoms with Crippen LogP contribution in [0, 0.1) is 10.7 Å². The Balaban J connectivity index is 3.51. The van der Waals surface area contributed by atoms with E-state index < -0.39 is 0 Å². The van der Waals surface area contributed by atoms with Gasteiger partial charge in [-0.25, -0.2) is 0 Å². The lowest BCUT2D eigenvalue weighted by Gasteiger charge is -1.75. The van der Waals surface area contributed by atoms with E-state index in [1.807, 2.05) is 0 Å². The average Bonchev–Trinajstić information content (AvgIpc) is 1.35. The summed E-state index contributed by atoms with van der Waals surface area (Å²) in [6.45, 7) is 0. The molecule has 0 saturated heterocycles. The van der Waals surface area contributed by atoms with E-state index in [1.54, 1.807) is 5.40 Å². The number of hydrogen-bond donors (Lipinski definition) is 3. The van der Waals surface area contributed by atoms with Crippen molar-refractivity contribution in [1.82, 2.24) is 0 Å². The first-order valence-electron chi connectivity index (χ1n) is 1.25. The fourth-order valence-corrected chi connectivity index (χ4v) is 0.173. The summed E-state index contributed by atoms with van der Waals surface area (Å²) >= 11 is 0.356. The molecule has 0 heterocycles. The topological polar surface area (TPSA) is 75.8 Å². The van der Waals surface area contributed by atoms with Gasteiger partial charge in [0.1, 0.15) is 5.40 Å². The van der Waals surface area contributed by atoms with E-state index >= 15 is 0 Å². The highest BCUT2D eigenvalue weighted by atomic mass is 32.1. The van der Waals surface area contributed by atoms with E-state index in [1.165, 1.54) is 0 Å². The third-order valence-corrected chi connectivity index (χ3v) is 0.537. The van der Waals surface area contributed by atoms with E-state index in [0.29, 0.717) is 11.4 Å². The minimum absolute atomic E-state index is 0.150. The van der Waals surface area contributed by atoms with Crippen molar-refractivity contribution < 1.29 is 0 Å². The van der Waals surface area contributed by atoms with Crippen molar-refractivity contribution in [3.8, 4) is 5.40 Å². The van der Waals surface area contributed by atoms with Gasteiger partial charge in [-0.3, -0.25) is 11.5 Å². The number of thiol groups is 1. The maximum atomic E-state index is 7.79. The molecule has 0 aromatic rings. The van der Waals surface area contributed by atoms with Crippen LogP contribution in [0.5, 0.6) is 0 Å². The van der Waals surface area contributed by atoms with Gasteiger partial charge in [0, 0.05) is 0 Å². The SMILES string of the molecule is N#C[SH]=C(N)N. The Morgan fingerprint density at radius 2 is 2.17 bits per heavy atom. The van der Waals surface area contributed by atoms with E-state index in [9.17, 15) is 0 Å². The molecule has 4 N–H and O–H groups in total. The zero-order valence-corrected chi connectivity index (χ0v) is 3.94. The van der Waals surface area contributed by atoms with Crippen molar-refractivity contribution in [3.63, 3.8) is 0 Å². The Morgan fingerprint density at radius 3 is 2.17 bits per heavy atom. The summed E-state index contributed by atoms with van der Waals surface area (Å²) in [7, 11) is 0. The molecule has 4 heteroatoms. The van der Waals surface area contributed by atoms with E-state index in [4.69, 9.17) is 16.7 Å². The normalized spacial score (nSPS) is 6.83. The molecule has 34 valence electrons. The van der Waals surface area contributed by atoms with Crippen LogP contribution in [0.1, 0.15) is 0 Å². The van der Waals surface area contributed by atoms with E-state index in [2.05, 4.69) is 0 Å². The van der Waals surface area contributed by atoms with Crippen molar-refractivity contribution in [3.05, 3.63) is 0 Å². The first kappa shape index (κ1) is 5.63. The van der Waals surface area contributed by atoms with E-state index in [0.717, 1.165) is 0 Å². The molecule has 0 fully saturated rings. The van der Waals surface area contributed by atoms with Gasteiger partial charge < -0.3 is 0 Å². The van der Waals surface area contributed by atoms with Crippen LogP contribution in [0.2, 0.25) is 0 Å². The monoisotopic (exact) mass is 103 g/mol. The summed E-state index contributed by atoms with van der Waals surface area (Å²) in [5, 5.41) is 9.70. The van der Waals surface area contributed by atoms with Gasteiger partial charge in [-0.1, -0.05) is 11.4 Å². The predicted molar refractivity (Wildman–Crippen MR) is 28.0 cm³/mol. The van der Waals surface area contributed by atoms with E-state index in [-0.39, 0.29) is 5.11 Å². The molecule has 0 aromatic heterocycles. The molecule has 0 radical (unpaired) electrons. The minimum Gasteiger partial charge on any atom is -0.288 e. The van der Waals surface area contributed by atoms with Gasteiger partial charge in [0.05, 0.1) is 5.11 Å². The first-order chi connectivity index (χ1) is 2.77. The molecule has 0 bridgehead atoms. The third kappa shape index (κ3) is 3.63. The van der Waals surface area contributed by atoms with Crippen LogP contribution in [-0.4, -0.2) is 5.11 Å². The van der Waals surface area contributed by atoms with Crippen LogP contribution in [0.15, 0.2) is 0 Å². The zero-order chi connectivity index (χ0) is 4.99. The van der Waals surface area contributed by atoms with Crippen LogP contribution in [0.25, 0.3) is 0 Å². The number of hydrogen-bond acceptors (Lipinski definition) is 1. The Kier molecular flexibility index (Phi) is 2.67. The second kappa shape index (κ2) is 2.85. The second-order valence-corrected chi connectivity index (χ2v) is 1.58. The number of nitrogens with two attached hydrogens (primary N) is 2. The zero-order valence-electron chi connectivity index (χ0n) is 3.05. The Labute approximate surface area is 39.5 Å². The maximum Gasteiger partial charge on any atom is 0.126 e. The summed E-state index contributed by atoms with van der Waals surface area (Å²) in [5.74, 6) is 0. The average molecular weight is 103 g/mol. The molecule has 0 aliphatic rings. The molecule has 0 aliphatic carbocycles. The lowest BCUT2D eigenvalue weighted by molar-refractivity contribution is 1.57. The van der Waals surface area contributed by atoms with Crippen molar-refractivity contribution in [2.75, 3.05) is 0 Å². The molecule has 0 unspecified atom stereocenters. The Hall–Kier alpha value is -0.370. The lowest BCUT2D eigenvalue weighted by Crippen LogP contribution is -2.19. The Morgan fingerprint density at radius 1 is 1.67 bits per heavy atom. The largest absolute Gasteiger partial charge is 0.288 e. The highest BCUT2D eigenvalue weighted by Crippen LogP contribution is 1.71. The van der Waals surface area contributed by atoms with Gasteiger partial charge in [-0.05, 0) is 0 Å². The minimum atomic E-state index is 0.150. The summed E-state index contributed by atoms with van der Waals surface area (Å²) in [6.07, 6.45) is 0. The smallest absolute Gasteiger partial charge is 0.126 e.